The highest BCUT2D eigenvalue weighted by Gasteiger charge is 2.23. The molecule has 0 unspecified atom stereocenters. The van der Waals surface area contributed by atoms with Crippen LogP contribution in [0.3, 0.4) is 0 Å². The molecule has 3 nitrogen and oxygen atoms in total. The van der Waals surface area contributed by atoms with Crippen LogP contribution in [0.15, 0.2) is 46.9 Å². The summed E-state index contributed by atoms with van der Waals surface area (Å²) >= 11 is 3.41. The minimum Gasteiger partial charge on any atom is -0.497 e. The van der Waals surface area contributed by atoms with Crippen LogP contribution >= 0.6 is 15.9 Å². The minimum atomic E-state index is -0.0428. The Hall–Kier alpha value is -1.81. The van der Waals surface area contributed by atoms with Crippen molar-refractivity contribution in [3.8, 4) is 11.5 Å². The van der Waals surface area contributed by atoms with Crippen LogP contribution in [0.25, 0.3) is 0 Å². The summed E-state index contributed by atoms with van der Waals surface area (Å²) in [5.74, 6) is 1.44. The number of hydrogen-bond donors (Lipinski definition) is 0. The van der Waals surface area contributed by atoms with E-state index >= 15 is 0 Å². The van der Waals surface area contributed by atoms with Crippen molar-refractivity contribution in [2.24, 2.45) is 0 Å². The number of ketones is 1. The lowest BCUT2D eigenvalue weighted by atomic mass is 10.0. The molecule has 0 aromatic heterocycles. The van der Waals surface area contributed by atoms with Crippen LogP contribution in [0, 0.1) is 0 Å². The van der Waals surface area contributed by atoms with Crippen molar-refractivity contribution in [1.82, 2.24) is 0 Å². The first-order valence-electron chi connectivity index (χ1n) is 6.82. The van der Waals surface area contributed by atoms with Gasteiger partial charge in [0.25, 0.3) is 0 Å². The van der Waals surface area contributed by atoms with E-state index in [2.05, 4.69) is 15.9 Å². The summed E-state index contributed by atoms with van der Waals surface area (Å²) < 4.78 is 11.6. The molecule has 3 rings (SSSR count). The summed E-state index contributed by atoms with van der Waals surface area (Å²) in [6.45, 7) is 0. The molecule has 21 heavy (non-hydrogen) atoms. The van der Waals surface area contributed by atoms with Gasteiger partial charge in [-0.15, -0.1) is 0 Å². The maximum absolute atomic E-state index is 12.6. The molecule has 0 atom stereocenters. The number of halogens is 1. The standard InChI is InChI=1S/C17H15BrO3/c1-20-14-8-9-16(18)15(10-14)17(19)11-2-4-12(5-3-11)21-13-6-7-13/h2-5,8-10,13H,6-7H2,1H3. The summed E-state index contributed by atoms with van der Waals surface area (Å²) in [5.41, 5.74) is 1.22. The molecule has 0 amide bonds. The number of carbonyl (C=O) groups excluding carboxylic acids is 1. The molecule has 0 aliphatic heterocycles. The monoisotopic (exact) mass is 346 g/mol. The van der Waals surface area contributed by atoms with E-state index in [0.29, 0.717) is 23.0 Å². The fourth-order valence-electron chi connectivity index (χ4n) is 2.02. The molecule has 2 aromatic carbocycles. The van der Waals surface area contributed by atoms with Crippen LogP contribution < -0.4 is 9.47 Å². The number of methoxy groups -OCH3 is 1. The number of hydrogen-bond acceptors (Lipinski definition) is 3. The normalized spacial score (nSPS) is 13.8. The van der Waals surface area contributed by atoms with Gasteiger partial charge in [-0.3, -0.25) is 4.79 Å². The molecule has 0 heterocycles. The van der Waals surface area contributed by atoms with Gasteiger partial charge in [0.05, 0.1) is 13.2 Å². The average molecular weight is 347 g/mol. The predicted molar refractivity (Wildman–Crippen MR) is 84.2 cm³/mol. The van der Waals surface area contributed by atoms with Gasteiger partial charge in [-0.05, 0) is 55.3 Å². The first-order chi connectivity index (χ1) is 10.2. The van der Waals surface area contributed by atoms with E-state index in [1.165, 1.54) is 0 Å². The highest BCUT2D eigenvalue weighted by Crippen LogP contribution is 2.28. The second kappa shape index (κ2) is 5.90. The number of ether oxygens (including phenoxy) is 2. The van der Waals surface area contributed by atoms with Gasteiger partial charge >= 0.3 is 0 Å². The Morgan fingerprint density at radius 2 is 1.76 bits per heavy atom. The zero-order chi connectivity index (χ0) is 14.8. The summed E-state index contributed by atoms with van der Waals surface area (Å²) in [5, 5.41) is 0. The van der Waals surface area contributed by atoms with Crippen LogP contribution in [-0.4, -0.2) is 19.0 Å². The molecular formula is C17H15BrO3. The highest BCUT2D eigenvalue weighted by atomic mass is 79.9. The largest absolute Gasteiger partial charge is 0.497 e. The summed E-state index contributed by atoms with van der Waals surface area (Å²) in [6, 6.07) is 12.7. The molecule has 0 saturated heterocycles. The Bertz CT molecular complexity index is 660. The highest BCUT2D eigenvalue weighted by molar-refractivity contribution is 9.10. The minimum absolute atomic E-state index is 0.0428. The summed E-state index contributed by atoms with van der Waals surface area (Å²) in [4.78, 5) is 12.6. The van der Waals surface area contributed by atoms with Crippen molar-refractivity contribution >= 4 is 21.7 Å². The van der Waals surface area contributed by atoms with Gasteiger partial charge < -0.3 is 9.47 Å². The molecule has 108 valence electrons. The van der Waals surface area contributed by atoms with Gasteiger partial charge in [0, 0.05) is 15.6 Å². The third-order valence-corrected chi connectivity index (χ3v) is 4.05. The Kier molecular flexibility index (Phi) is 3.97. The van der Waals surface area contributed by atoms with E-state index in [-0.39, 0.29) is 5.78 Å². The van der Waals surface area contributed by atoms with E-state index < -0.39 is 0 Å². The fourth-order valence-corrected chi connectivity index (χ4v) is 2.45. The molecule has 1 saturated carbocycles. The molecule has 0 radical (unpaired) electrons. The molecule has 4 heteroatoms. The molecule has 1 aliphatic rings. The van der Waals surface area contributed by atoms with Gasteiger partial charge in [-0.25, -0.2) is 0 Å². The lowest BCUT2D eigenvalue weighted by molar-refractivity contribution is 0.103. The molecular weight excluding hydrogens is 332 g/mol. The number of rotatable bonds is 5. The SMILES string of the molecule is COc1ccc(Br)c(C(=O)c2ccc(OC3CC3)cc2)c1. The Labute approximate surface area is 132 Å². The van der Waals surface area contributed by atoms with Crippen molar-refractivity contribution in [2.75, 3.05) is 7.11 Å². The van der Waals surface area contributed by atoms with Gasteiger partial charge in [0.15, 0.2) is 5.78 Å². The van der Waals surface area contributed by atoms with Gasteiger partial charge in [0.2, 0.25) is 0 Å². The quantitative estimate of drug-likeness (QED) is 0.760. The topological polar surface area (TPSA) is 35.5 Å². The first kappa shape index (κ1) is 14.1. The fraction of sp³-hybridized carbons (Fsp3) is 0.235. The summed E-state index contributed by atoms with van der Waals surface area (Å²) in [7, 11) is 1.58. The third-order valence-electron chi connectivity index (χ3n) is 3.36. The number of carbonyl (C=O) groups is 1. The summed E-state index contributed by atoms with van der Waals surface area (Å²) in [6.07, 6.45) is 2.61. The molecule has 0 spiro atoms. The van der Waals surface area contributed by atoms with Crippen LogP contribution in [0.4, 0.5) is 0 Å². The Morgan fingerprint density at radius 1 is 1.10 bits per heavy atom. The van der Waals surface area contributed by atoms with Crippen LogP contribution in [0.2, 0.25) is 0 Å². The molecule has 2 aromatic rings. The predicted octanol–water partition coefficient (Wildman–Crippen LogP) is 4.23. The van der Waals surface area contributed by atoms with Crippen LogP contribution in [-0.2, 0) is 0 Å². The second-order valence-electron chi connectivity index (χ2n) is 5.02. The van der Waals surface area contributed by atoms with E-state index in [4.69, 9.17) is 9.47 Å². The van der Waals surface area contributed by atoms with Crippen LogP contribution in [0.1, 0.15) is 28.8 Å². The van der Waals surface area contributed by atoms with Gasteiger partial charge in [-0.2, -0.15) is 0 Å². The number of benzene rings is 2. The van der Waals surface area contributed by atoms with Crippen molar-refractivity contribution in [1.29, 1.82) is 0 Å². The molecule has 1 aliphatic carbocycles. The van der Waals surface area contributed by atoms with Crippen molar-refractivity contribution < 1.29 is 14.3 Å². The van der Waals surface area contributed by atoms with Crippen molar-refractivity contribution in [3.63, 3.8) is 0 Å². The van der Waals surface area contributed by atoms with E-state index in [9.17, 15) is 4.79 Å². The third kappa shape index (κ3) is 3.27. The zero-order valence-electron chi connectivity index (χ0n) is 11.6. The average Bonchev–Trinajstić information content (AvgIpc) is 3.32. The Balaban J connectivity index is 1.83. The van der Waals surface area contributed by atoms with Gasteiger partial charge in [-0.1, -0.05) is 15.9 Å². The first-order valence-corrected chi connectivity index (χ1v) is 7.61. The smallest absolute Gasteiger partial charge is 0.194 e. The maximum atomic E-state index is 12.6. The van der Waals surface area contributed by atoms with E-state index in [1.54, 1.807) is 25.3 Å². The lowest BCUT2D eigenvalue weighted by Gasteiger charge is -2.08. The molecule has 1 fully saturated rings. The lowest BCUT2D eigenvalue weighted by Crippen LogP contribution is -2.03. The van der Waals surface area contributed by atoms with Crippen LogP contribution in [0.5, 0.6) is 11.5 Å². The van der Waals surface area contributed by atoms with E-state index in [1.807, 2.05) is 24.3 Å². The zero-order valence-corrected chi connectivity index (χ0v) is 13.2. The second-order valence-corrected chi connectivity index (χ2v) is 5.87. The van der Waals surface area contributed by atoms with Crippen molar-refractivity contribution in [3.05, 3.63) is 58.1 Å². The maximum Gasteiger partial charge on any atom is 0.194 e. The Morgan fingerprint density at radius 3 is 2.38 bits per heavy atom. The molecule has 0 N–H and O–H groups in total. The molecule has 0 bridgehead atoms. The van der Waals surface area contributed by atoms with Gasteiger partial charge in [0.1, 0.15) is 11.5 Å². The van der Waals surface area contributed by atoms with Crippen molar-refractivity contribution in [2.45, 2.75) is 18.9 Å². The van der Waals surface area contributed by atoms with E-state index in [0.717, 1.165) is 23.1 Å².